The van der Waals surface area contributed by atoms with E-state index in [0.29, 0.717) is 0 Å². The van der Waals surface area contributed by atoms with Gasteiger partial charge in [-0.2, -0.15) is 0 Å². The van der Waals surface area contributed by atoms with Crippen LogP contribution in [0.3, 0.4) is 0 Å². The third kappa shape index (κ3) is 2.66. The van der Waals surface area contributed by atoms with Gasteiger partial charge in [-0.1, -0.05) is 0 Å². The molecule has 1 aromatic rings. The number of nitrogens with zero attached hydrogens (tertiary/aromatic N) is 3. The average Bonchev–Trinajstić information content (AvgIpc) is 2.03. The number of aryl methyl sites for hydroxylation is 1. The van der Waals surface area contributed by atoms with Gasteiger partial charge in [0, 0.05) is 26.3 Å². The largest absolute Gasteiger partial charge is 0.347 e. The van der Waals surface area contributed by atoms with Crippen LogP contribution in [0.2, 0.25) is 0 Å². The van der Waals surface area contributed by atoms with Crippen LogP contribution in [0, 0.1) is 6.92 Å². The molecule has 0 saturated heterocycles. The normalized spacial score (nSPS) is 10.2. The second kappa shape index (κ2) is 4.18. The summed E-state index contributed by atoms with van der Waals surface area (Å²) in [6.45, 7) is 2.76. The van der Waals surface area contributed by atoms with Crippen molar-refractivity contribution < 1.29 is 0 Å². The van der Waals surface area contributed by atoms with Crippen LogP contribution in [0.5, 0.6) is 0 Å². The van der Waals surface area contributed by atoms with Crippen molar-refractivity contribution in [1.29, 1.82) is 0 Å². The standard InChI is InChI=1S/C9H16N4/c1-7-5-8(6-10-2)12-9(11-7)13(3)4/h5,10H,6H2,1-4H3. The third-order valence-electron chi connectivity index (χ3n) is 1.65. The van der Waals surface area contributed by atoms with E-state index in [9.17, 15) is 0 Å². The van der Waals surface area contributed by atoms with Crippen LogP contribution >= 0.6 is 0 Å². The van der Waals surface area contributed by atoms with Gasteiger partial charge in [-0.15, -0.1) is 0 Å². The minimum atomic E-state index is 0.769. The lowest BCUT2D eigenvalue weighted by molar-refractivity contribution is 0.778. The van der Waals surface area contributed by atoms with Crippen molar-refractivity contribution in [2.75, 3.05) is 26.0 Å². The van der Waals surface area contributed by atoms with Crippen molar-refractivity contribution >= 4 is 5.95 Å². The molecule has 13 heavy (non-hydrogen) atoms. The molecule has 1 heterocycles. The maximum absolute atomic E-state index is 4.38. The molecule has 1 rings (SSSR count). The highest BCUT2D eigenvalue weighted by Crippen LogP contribution is 2.06. The van der Waals surface area contributed by atoms with E-state index in [1.54, 1.807) is 0 Å². The number of anilines is 1. The monoisotopic (exact) mass is 180 g/mol. The summed E-state index contributed by atoms with van der Waals surface area (Å²) in [5.74, 6) is 0.769. The molecule has 0 bridgehead atoms. The molecule has 0 atom stereocenters. The molecule has 0 amide bonds. The predicted molar refractivity (Wildman–Crippen MR) is 53.9 cm³/mol. The molecule has 0 aliphatic carbocycles. The van der Waals surface area contributed by atoms with Crippen LogP contribution < -0.4 is 10.2 Å². The summed E-state index contributed by atoms with van der Waals surface area (Å²) < 4.78 is 0. The fourth-order valence-electron chi connectivity index (χ4n) is 1.09. The van der Waals surface area contributed by atoms with E-state index < -0.39 is 0 Å². The fourth-order valence-corrected chi connectivity index (χ4v) is 1.09. The van der Waals surface area contributed by atoms with Crippen molar-refractivity contribution in [3.05, 3.63) is 17.5 Å². The summed E-state index contributed by atoms with van der Waals surface area (Å²) >= 11 is 0. The smallest absolute Gasteiger partial charge is 0.225 e. The molecule has 0 spiro atoms. The third-order valence-corrected chi connectivity index (χ3v) is 1.65. The fraction of sp³-hybridized carbons (Fsp3) is 0.556. The number of nitrogens with one attached hydrogen (secondary N) is 1. The van der Waals surface area contributed by atoms with Gasteiger partial charge < -0.3 is 10.2 Å². The number of hydrogen-bond acceptors (Lipinski definition) is 4. The van der Waals surface area contributed by atoms with E-state index in [2.05, 4.69) is 15.3 Å². The van der Waals surface area contributed by atoms with Crippen LogP contribution in [0.1, 0.15) is 11.4 Å². The molecular weight excluding hydrogens is 164 g/mol. The topological polar surface area (TPSA) is 41.1 Å². The Labute approximate surface area is 79.0 Å². The summed E-state index contributed by atoms with van der Waals surface area (Å²) in [6.07, 6.45) is 0. The highest BCUT2D eigenvalue weighted by Gasteiger charge is 2.02. The van der Waals surface area contributed by atoms with Crippen molar-refractivity contribution in [3.63, 3.8) is 0 Å². The zero-order valence-electron chi connectivity index (χ0n) is 8.63. The first-order valence-corrected chi connectivity index (χ1v) is 4.30. The molecule has 0 fully saturated rings. The molecule has 4 heteroatoms. The quantitative estimate of drug-likeness (QED) is 0.738. The van der Waals surface area contributed by atoms with Crippen molar-refractivity contribution in [3.8, 4) is 0 Å². The van der Waals surface area contributed by atoms with Gasteiger partial charge in [0.2, 0.25) is 5.95 Å². The van der Waals surface area contributed by atoms with E-state index >= 15 is 0 Å². The molecular formula is C9H16N4. The van der Waals surface area contributed by atoms with Gasteiger partial charge in [-0.3, -0.25) is 0 Å². The molecule has 0 unspecified atom stereocenters. The van der Waals surface area contributed by atoms with Crippen LogP contribution in [0.4, 0.5) is 5.95 Å². The van der Waals surface area contributed by atoms with Crippen LogP contribution in [0.15, 0.2) is 6.07 Å². The predicted octanol–water partition coefficient (Wildman–Crippen LogP) is 0.570. The molecule has 1 aromatic heterocycles. The molecule has 0 aromatic carbocycles. The minimum Gasteiger partial charge on any atom is -0.347 e. The Morgan fingerprint density at radius 3 is 2.62 bits per heavy atom. The Bertz CT molecular complexity index is 283. The van der Waals surface area contributed by atoms with Crippen LogP contribution in [-0.2, 0) is 6.54 Å². The molecule has 72 valence electrons. The van der Waals surface area contributed by atoms with E-state index in [-0.39, 0.29) is 0 Å². The highest BCUT2D eigenvalue weighted by atomic mass is 15.2. The minimum absolute atomic E-state index is 0.769. The zero-order valence-corrected chi connectivity index (χ0v) is 8.63. The molecule has 0 radical (unpaired) electrons. The summed E-state index contributed by atoms with van der Waals surface area (Å²) in [6, 6.07) is 1.99. The molecule has 0 aliphatic rings. The van der Waals surface area contributed by atoms with E-state index in [0.717, 1.165) is 23.9 Å². The van der Waals surface area contributed by atoms with Crippen molar-refractivity contribution in [2.24, 2.45) is 0 Å². The first kappa shape index (κ1) is 9.92. The van der Waals surface area contributed by atoms with Crippen LogP contribution in [-0.4, -0.2) is 31.1 Å². The summed E-state index contributed by atoms with van der Waals surface area (Å²) in [4.78, 5) is 10.6. The highest BCUT2D eigenvalue weighted by molar-refractivity contribution is 5.29. The average molecular weight is 180 g/mol. The van der Waals surface area contributed by atoms with Crippen LogP contribution in [0.25, 0.3) is 0 Å². The maximum atomic E-state index is 4.38. The lowest BCUT2D eigenvalue weighted by Crippen LogP contribution is -2.16. The number of hydrogen-bond donors (Lipinski definition) is 1. The van der Waals surface area contributed by atoms with E-state index in [1.807, 2.05) is 39.0 Å². The Kier molecular flexibility index (Phi) is 3.19. The van der Waals surface area contributed by atoms with Crippen molar-refractivity contribution in [1.82, 2.24) is 15.3 Å². The second-order valence-corrected chi connectivity index (χ2v) is 3.23. The lowest BCUT2D eigenvalue weighted by atomic mass is 10.3. The second-order valence-electron chi connectivity index (χ2n) is 3.23. The van der Waals surface area contributed by atoms with Gasteiger partial charge in [0.1, 0.15) is 0 Å². The van der Waals surface area contributed by atoms with E-state index in [4.69, 9.17) is 0 Å². The zero-order chi connectivity index (χ0) is 9.84. The van der Waals surface area contributed by atoms with Gasteiger partial charge in [0.05, 0.1) is 5.69 Å². The molecule has 4 nitrogen and oxygen atoms in total. The molecule has 0 aliphatic heterocycles. The van der Waals surface area contributed by atoms with Gasteiger partial charge >= 0.3 is 0 Å². The molecule has 1 N–H and O–H groups in total. The Morgan fingerprint density at radius 2 is 2.08 bits per heavy atom. The first-order valence-electron chi connectivity index (χ1n) is 4.30. The van der Waals surface area contributed by atoms with Gasteiger partial charge in [0.15, 0.2) is 0 Å². The molecule has 0 saturated carbocycles. The van der Waals surface area contributed by atoms with E-state index in [1.165, 1.54) is 0 Å². The van der Waals surface area contributed by atoms with Gasteiger partial charge in [-0.25, -0.2) is 9.97 Å². The maximum Gasteiger partial charge on any atom is 0.225 e. The van der Waals surface area contributed by atoms with Gasteiger partial charge in [0.25, 0.3) is 0 Å². The Balaban J connectivity index is 2.96. The Morgan fingerprint density at radius 1 is 1.38 bits per heavy atom. The number of aromatic nitrogens is 2. The summed E-state index contributed by atoms with van der Waals surface area (Å²) in [5.41, 5.74) is 2.03. The van der Waals surface area contributed by atoms with Crippen molar-refractivity contribution in [2.45, 2.75) is 13.5 Å². The number of rotatable bonds is 3. The lowest BCUT2D eigenvalue weighted by Gasteiger charge is -2.11. The summed E-state index contributed by atoms with van der Waals surface area (Å²) in [5, 5.41) is 3.07. The van der Waals surface area contributed by atoms with Gasteiger partial charge in [-0.05, 0) is 20.0 Å². The SMILES string of the molecule is CNCc1cc(C)nc(N(C)C)n1. The first-order chi connectivity index (χ1) is 6.13. The Hall–Kier alpha value is -1.16. The summed E-state index contributed by atoms with van der Waals surface area (Å²) in [7, 11) is 5.79.